The van der Waals surface area contributed by atoms with Gasteiger partial charge in [-0.3, -0.25) is 52.7 Å². The lowest BCUT2D eigenvalue weighted by Crippen LogP contribution is -2.40. The molecule has 6 N–H and O–H groups in total. The fourth-order valence-electron chi connectivity index (χ4n) is 18.3. The van der Waals surface area contributed by atoms with Crippen LogP contribution in [0, 0.1) is 23.4 Å². The van der Waals surface area contributed by atoms with Crippen molar-refractivity contribution in [1.29, 1.82) is 0 Å². The predicted octanol–water partition coefficient (Wildman–Crippen LogP) is 12.5. The maximum absolute atomic E-state index is 14.9. The maximum Gasteiger partial charge on any atom is 0.449 e. The number of aromatic nitrogens is 17. The van der Waals surface area contributed by atoms with E-state index in [-0.39, 0.29) is 177 Å². The average molecular weight is 2080 g/mol. The second kappa shape index (κ2) is 41.7. The molecule has 772 valence electrons. The van der Waals surface area contributed by atoms with Crippen LogP contribution in [0.25, 0.3) is 43.1 Å². The molecule has 49 heteroatoms. The number of amides is 7. The van der Waals surface area contributed by atoms with Crippen molar-refractivity contribution in [3.8, 4) is 0 Å². The standard InChI is InChI=1S/C28H24F4N6O3.C26H22F4N6O3.C25H21F3N6O3.C22H17F3N6O2/c29-20-8-7-16(12-21-17-3-1-2-4-18(17)24(39)36-35-21)11-19(20)26(41)37-9-10-38-22(14-37)23(34-27(38)28(30,31)32)25(40)33-13-15-5-6-15;1-34(2)24(39)21-20-13-35(9-10-36(20)25(31-21)26(28,29)30)23(38)17-11-14(7-8-18(17)27)12-19-15-5-3-4-6-16(15)22(37)33-32-19;1-29-22(36)20-19-13-33(9-10-34(19)24(30-20)25(26,27)28)23(37)15-6-4-5-14(11-15)12-18-16-7-2-3-8-17(16)21(35)32-31-18;23-16-6-5-12(10-17-13-3-1-2-4-14(13)21(32)29-26-17)9-15(16)22(33)30-7-8-31-18(11-30)27-28-20(31)19(24)25/h1-4,7-8,11,15H,5-6,9-10,12-14H2,(H,33,40)(H,36,39);3-8,11H,9-10,12-13H2,1-2H3,(H,33,37);2-8,11H,9-10,12-13H2,1H3,(H,29,36)(H,32,35);1-6,9,19H,7-8,10-11H2,(H,29,32). The third kappa shape index (κ3) is 21.3. The fraction of sp³-hybridized carbons (Fsp3) is 0.267. The molecule has 0 radical (unpaired) electrons. The van der Waals surface area contributed by atoms with Crippen LogP contribution in [-0.2, 0) is 96.6 Å². The van der Waals surface area contributed by atoms with Gasteiger partial charge in [-0.15, -0.1) is 10.2 Å². The summed E-state index contributed by atoms with van der Waals surface area (Å²) in [7, 11) is 4.07. The molecule has 16 aromatic rings. The number of benzene rings is 8. The first kappa shape index (κ1) is 102. The Labute approximate surface area is 836 Å². The van der Waals surface area contributed by atoms with E-state index in [2.05, 4.69) is 76.6 Å². The topological polar surface area (TPSA) is 427 Å². The van der Waals surface area contributed by atoms with Crippen molar-refractivity contribution in [2.24, 2.45) is 5.92 Å². The van der Waals surface area contributed by atoms with Crippen LogP contribution in [-0.4, -0.2) is 204 Å². The minimum atomic E-state index is -4.80. The summed E-state index contributed by atoms with van der Waals surface area (Å²) < 4.78 is 197. The SMILES string of the molecule is CN(C)C(=O)c1nc(C(F)(F)F)n2c1CN(C(=O)c1cc(Cc3n[nH]c(=O)c4ccccc34)ccc1F)CC2.CNC(=O)c1nc(C(F)(F)F)n2c1CN(C(=O)c1cccc(Cc3n[nH]c(=O)c4ccccc34)c1)CC2.O=C(NCC1CC1)c1nc(C(F)(F)F)n2c1CN(C(=O)c1cc(Cc3n[nH]c(=O)c4ccccc34)ccc1F)CC2.O=C(c1cc(Cc2n[nH]c(=O)c3ccccc23)ccc1F)N1CCn2c(nnc2C(F)F)C1. The summed E-state index contributed by atoms with van der Waals surface area (Å²) in [6, 6.07) is 46.9. The van der Waals surface area contributed by atoms with Crippen molar-refractivity contribution >= 4 is 84.4 Å². The molecule has 0 spiro atoms. The number of carbonyl (C=O) groups is 7. The molecular weight excluding hydrogens is 1990 g/mol. The zero-order valence-corrected chi connectivity index (χ0v) is 79.2. The lowest BCUT2D eigenvalue weighted by molar-refractivity contribution is -0.148. The molecule has 0 unspecified atom stereocenters. The summed E-state index contributed by atoms with van der Waals surface area (Å²) in [4.78, 5) is 156. The molecule has 0 bridgehead atoms. The Balaban J connectivity index is 0.000000131. The van der Waals surface area contributed by atoms with E-state index < -0.39 is 107 Å². The molecular formula is C101H84F14N24O11. The molecule has 12 heterocycles. The van der Waals surface area contributed by atoms with E-state index in [1.807, 2.05) is 12.1 Å². The van der Waals surface area contributed by atoms with Gasteiger partial charge in [0.15, 0.2) is 28.7 Å². The molecule has 8 aromatic carbocycles. The number of H-pyrrole nitrogens is 4. The van der Waals surface area contributed by atoms with Gasteiger partial charge in [0.1, 0.15) is 17.5 Å². The Morgan fingerprint density at radius 1 is 0.387 bits per heavy atom. The molecule has 8 aromatic heterocycles. The number of aromatic amines is 4. The Morgan fingerprint density at radius 3 is 1.06 bits per heavy atom. The molecule has 150 heavy (non-hydrogen) atoms. The van der Waals surface area contributed by atoms with Gasteiger partial charge in [-0.05, 0) is 114 Å². The number of alkyl halides is 11. The second-order valence-corrected chi connectivity index (χ2v) is 35.9. The third-order valence-electron chi connectivity index (χ3n) is 26.0. The molecule has 0 saturated heterocycles. The number of fused-ring (bicyclic) bond motifs is 8. The fourth-order valence-corrected chi connectivity index (χ4v) is 18.3. The Morgan fingerprint density at radius 2 is 0.713 bits per heavy atom. The van der Waals surface area contributed by atoms with Crippen LogP contribution in [0.4, 0.5) is 61.5 Å². The summed E-state index contributed by atoms with van der Waals surface area (Å²) in [6.45, 7) is -1.30. The van der Waals surface area contributed by atoms with Crippen LogP contribution in [0.1, 0.15) is 183 Å². The molecule has 21 rings (SSSR count). The number of imidazole rings is 3. The second-order valence-electron chi connectivity index (χ2n) is 35.9. The van der Waals surface area contributed by atoms with Crippen molar-refractivity contribution in [3.05, 3.63) is 365 Å². The van der Waals surface area contributed by atoms with Crippen molar-refractivity contribution < 1.29 is 95.0 Å². The molecule has 4 aliphatic heterocycles. The lowest BCUT2D eigenvalue weighted by atomic mass is 10.0. The van der Waals surface area contributed by atoms with Gasteiger partial charge in [-0.1, -0.05) is 103 Å². The highest BCUT2D eigenvalue weighted by atomic mass is 19.4. The summed E-state index contributed by atoms with van der Waals surface area (Å²) in [5, 5.41) is 43.0. The Kier molecular flexibility index (Phi) is 28.5. The molecule has 1 fully saturated rings. The van der Waals surface area contributed by atoms with Gasteiger partial charge in [0.25, 0.3) is 70.0 Å². The van der Waals surface area contributed by atoms with Crippen molar-refractivity contribution in [2.75, 3.05) is 53.9 Å². The molecule has 0 atom stereocenters. The first-order chi connectivity index (χ1) is 71.6. The number of nitrogens with one attached hydrogen (secondary N) is 6. The van der Waals surface area contributed by atoms with Gasteiger partial charge in [0, 0.05) is 133 Å². The number of rotatable bonds is 18. The van der Waals surface area contributed by atoms with E-state index in [0.717, 1.165) is 49.1 Å². The minimum absolute atomic E-state index is 0.0226. The van der Waals surface area contributed by atoms with E-state index in [4.69, 9.17) is 0 Å². The van der Waals surface area contributed by atoms with Crippen LogP contribution in [0.15, 0.2) is 195 Å². The Hall–Kier alpha value is -17.6. The first-order valence-electron chi connectivity index (χ1n) is 46.5. The van der Waals surface area contributed by atoms with Gasteiger partial charge in [-0.2, -0.15) is 59.9 Å². The highest BCUT2D eigenvalue weighted by Crippen LogP contribution is 2.39. The van der Waals surface area contributed by atoms with Crippen LogP contribution in [0.2, 0.25) is 0 Å². The zero-order valence-electron chi connectivity index (χ0n) is 79.2. The number of hydrogen-bond acceptors (Lipinski definition) is 20. The Bertz CT molecular complexity index is 8350. The summed E-state index contributed by atoms with van der Waals surface area (Å²) >= 11 is 0. The molecule has 7 amide bonds. The number of carbonyl (C=O) groups excluding carboxylic acids is 7. The first-order valence-corrected chi connectivity index (χ1v) is 46.5. The number of nitrogens with zero attached hydrogens (tertiary/aromatic N) is 18. The van der Waals surface area contributed by atoms with E-state index in [9.17, 15) is 114 Å². The molecule has 1 aliphatic carbocycles. The van der Waals surface area contributed by atoms with Crippen LogP contribution in [0.3, 0.4) is 0 Å². The van der Waals surface area contributed by atoms with Gasteiger partial charge in [0.2, 0.25) is 17.5 Å². The van der Waals surface area contributed by atoms with Gasteiger partial charge < -0.3 is 53.4 Å². The van der Waals surface area contributed by atoms with Crippen LogP contribution >= 0.6 is 0 Å². The highest BCUT2D eigenvalue weighted by molar-refractivity contribution is 6.00. The summed E-state index contributed by atoms with van der Waals surface area (Å²) in [5.74, 6) is -10.4. The van der Waals surface area contributed by atoms with E-state index in [0.29, 0.717) is 107 Å². The monoisotopic (exact) mass is 2070 g/mol. The van der Waals surface area contributed by atoms with E-state index >= 15 is 0 Å². The summed E-state index contributed by atoms with van der Waals surface area (Å²) in [6.07, 6.45) is -14.2. The van der Waals surface area contributed by atoms with Gasteiger partial charge in [-0.25, -0.2) is 57.3 Å². The van der Waals surface area contributed by atoms with E-state index in [1.165, 1.54) is 81.7 Å². The predicted molar refractivity (Wildman–Crippen MR) is 508 cm³/mol. The quantitative estimate of drug-likeness (QED) is 0.0435. The smallest absolute Gasteiger partial charge is 0.354 e. The van der Waals surface area contributed by atoms with Gasteiger partial charge in [0.05, 0.1) is 104 Å². The van der Waals surface area contributed by atoms with Crippen molar-refractivity contribution in [3.63, 3.8) is 0 Å². The van der Waals surface area contributed by atoms with Crippen molar-refractivity contribution in [1.82, 2.24) is 119 Å². The average Bonchev–Trinajstić information content (AvgIpc) is 1.61. The third-order valence-corrected chi connectivity index (χ3v) is 26.0. The van der Waals surface area contributed by atoms with E-state index in [1.54, 1.807) is 115 Å². The normalized spacial score (nSPS) is 13.9. The highest BCUT2D eigenvalue weighted by Gasteiger charge is 2.46. The molecule has 1 saturated carbocycles. The lowest BCUT2D eigenvalue weighted by Gasteiger charge is -2.30. The molecule has 5 aliphatic rings. The number of halogens is 14. The largest absolute Gasteiger partial charge is 0.449 e. The zero-order chi connectivity index (χ0) is 106. The van der Waals surface area contributed by atoms with Crippen LogP contribution < -0.4 is 32.9 Å². The minimum Gasteiger partial charge on any atom is -0.354 e. The molecule has 35 nitrogen and oxygen atoms in total. The van der Waals surface area contributed by atoms with Crippen molar-refractivity contribution in [2.45, 2.75) is 116 Å². The number of hydrogen-bond donors (Lipinski definition) is 6. The maximum atomic E-state index is 14.9. The van der Waals surface area contributed by atoms with Crippen LogP contribution in [0.5, 0.6) is 0 Å². The van der Waals surface area contributed by atoms with Gasteiger partial charge >= 0.3 is 18.5 Å². The summed E-state index contributed by atoms with van der Waals surface area (Å²) in [5.41, 5.74) is 1.87.